The van der Waals surface area contributed by atoms with Crippen LogP contribution < -0.4 is 10.1 Å². The van der Waals surface area contributed by atoms with Crippen LogP contribution in [-0.2, 0) is 4.74 Å². The average Bonchev–Trinajstić information content (AvgIpc) is 2.71. The van der Waals surface area contributed by atoms with Gasteiger partial charge in [-0.3, -0.25) is 4.98 Å². The topological polar surface area (TPSA) is 101 Å². The molecule has 1 aromatic carbocycles. The Morgan fingerprint density at radius 3 is 2.50 bits per heavy atom. The van der Waals surface area contributed by atoms with E-state index in [9.17, 15) is 15.0 Å². The van der Waals surface area contributed by atoms with Crippen LogP contribution in [0.3, 0.4) is 0 Å². The van der Waals surface area contributed by atoms with E-state index in [0.29, 0.717) is 24.2 Å². The third-order valence-electron chi connectivity index (χ3n) is 5.60. The highest BCUT2D eigenvalue weighted by molar-refractivity contribution is 5.85. The van der Waals surface area contributed by atoms with Gasteiger partial charge in [-0.25, -0.2) is 4.79 Å². The van der Waals surface area contributed by atoms with E-state index < -0.39 is 23.9 Å². The Morgan fingerprint density at radius 1 is 1.17 bits per heavy atom. The van der Waals surface area contributed by atoms with Crippen LogP contribution in [0.1, 0.15) is 58.1 Å². The zero-order valence-corrected chi connectivity index (χ0v) is 18.1. The summed E-state index contributed by atoms with van der Waals surface area (Å²) in [7, 11) is 1.55. The lowest BCUT2D eigenvalue weighted by Crippen LogP contribution is -2.42. The van der Waals surface area contributed by atoms with E-state index in [-0.39, 0.29) is 12.0 Å². The van der Waals surface area contributed by atoms with E-state index in [1.165, 1.54) is 0 Å². The van der Waals surface area contributed by atoms with Gasteiger partial charge in [0.05, 0.1) is 18.7 Å². The molecular weight excluding hydrogens is 384 g/mol. The molecule has 0 saturated heterocycles. The average molecular weight is 417 g/mol. The van der Waals surface area contributed by atoms with Gasteiger partial charge in [0.1, 0.15) is 17.5 Å². The fourth-order valence-corrected chi connectivity index (χ4v) is 4.15. The minimum atomic E-state index is -1.09. The summed E-state index contributed by atoms with van der Waals surface area (Å²) in [5.41, 5.74) is 0.767. The SMILES string of the molecule is COc1ccc2ncccc2c1[C@H](O)[C@@H](O)C1CCC(NC(=O)OC(C)(C)C)CC1. The molecule has 7 nitrogen and oxygen atoms in total. The van der Waals surface area contributed by atoms with Crippen molar-refractivity contribution in [3.8, 4) is 5.75 Å². The molecule has 0 aliphatic heterocycles. The van der Waals surface area contributed by atoms with Crippen LogP contribution in [0.2, 0.25) is 0 Å². The Bertz CT molecular complexity index is 872. The number of pyridine rings is 1. The second-order valence-corrected chi connectivity index (χ2v) is 8.94. The van der Waals surface area contributed by atoms with Crippen molar-refractivity contribution in [2.75, 3.05) is 7.11 Å². The maximum absolute atomic E-state index is 12.0. The number of amides is 1. The highest BCUT2D eigenvalue weighted by atomic mass is 16.6. The Kier molecular flexibility index (Phi) is 6.83. The van der Waals surface area contributed by atoms with E-state index in [1.807, 2.05) is 32.9 Å². The number of nitrogens with zero attached hydrogens (tertiary/aromatic N) is 1. The standard InChI is InChI=1S/C23H32N2O5/c1-23(2,3)30-22(28)25-15-9-7-14(8-10-15)20(26)21(27)19-16-6-5-13-24-17(16)11-12-18(19)29-4/h5-6,11-15,20-21,26-27H,7-10H2,1-4H3,(H,25,28)/t14?,15?,20-,21-/m0/s1. The largest absolute Gasteiger partial charge is 0.496 e. The predicted molar refractivity (Wildman–Crippen MR) is 114 cm³/mol. The van der Waals surface area contributed by atoms with E-state index in [4.69, 9.17) is 9.47 Å². The summed E-state index contributed by atoms with van der Waals surface area (Å²) >= 11 is 0. The molecule has 164 valence electrons. The molecule has 1 saturated carbocycles. The van der Waals surface area contributed by atoms with E-state index in [0.717, 1.165) is 23.7 Å². The molecule has 3 N–H and O–H groups in total. The van der Waals surface area contributed by atoms with E-state index >= 15 is 0 Å². The molecule has 1 fully saturated rings. The molecule has 1 heterocycles. The number of ether oxygens (including phenoxy) is 2. The zero-order chi connectivity index (χ0) is 21.9. The van der Waals surface area contributed by atoms with Crippen molar-refractivity contribution >= 4 is 17.0 Å². The molecule has 1 aliphatic carbocycles. The summed E-state index contributed by atoms with van der Waals surface area (Å²) in [6.07, 6.45) is 2.10. The lowest BCUT2D eigenvalue weighted by Gasteiger charge is -2.34. The third-order valence-corrected chi connectivity index (χ3v) is 5.60. The maximum atomic E-state index is 12.0. The highest BCUT2D eigenvalue weighted by Gasteiger charge is 2.34. The van der Waals surface area contributed by atoms with Gasteiger partial charge in [-0.05, 0) is 70.6 Å². The van der Waals surface area contributed by atoms with Crippen molar-refractivity contribution in [2.24, 2.45) is 5.92 Å². The van der Waals surface area contributed by atoms with Crippen molar-refractivity contribution in [3.05, 3.63) is 36.0 Å². The minimum absolute atomic E-state index is 0.0109. The van der Waals surface area contributed by atoms with Gasteiger partial charge in [0.2, 0.25) is 0 Å². The number of hydrogen-bond acceptors (Lipinski definition) is 6. The summed E-state index contributed by atoms with van der Waals surface area (Å²) in [4.78, 5) is 16.3. The molecule has 1 amide bonds. The van der Waals surface area contributed by atoms with Gasteiger partial charge in [-0.15, -0.1) is 0 Å². The molecule has 2 atom stereocenters. The molecule has 2 aromatic rings. The summed E-state index contributed by atoms with van der Waals surface area (Å²) in [5, 5.41) is 25.7. The molecule has 0 bridgehead atoms. The van der Waals surface area contributed by atoms with Crippen molar-refractivity contribution in [2.45, 2.75) is 70.3 Å². The number of alkyl carbamates (subject to hydrolysis) is 1. The first-order chi connectivity index (χ1) is 14.2. The van der Waals surface area contributed by atoms with Crippen LogP contribution >= 0.6 is 0 Å². The van der Waals surface area contributed by atoms with Crippen molar-refractivity contribution in [1.82, 2.24) is 10.3 Å². The number of benzene rings is 1. The molecule has 3 rings (SSSR count). The number of nitrogens with one attached hydrogen (secondary N) is 1. The summed E-state index contributed by atoms with van der Waals surface area (Å²) in [5.74, 6) is 0.454. The van der Waals surface area contributed by atoms with Crippen LogP contribution in [0, 0.1) is 5.92 Å². The molecule has 1 aliphatic rings. The monoisotopic (exact) mass is 416 g/mol. The predicted octanol–water partition coefficient (Wildman–Crippen LogP) is 3.72. The van der Waals surface area contributed by atoms with Gasteiger partial charge < -0.3 is 25.0 Å². The van der Waals surface area contributed by atoms with Gasteiger partial charge in [0.15, 0.2) is 0 Å². The first-order valence-corrected chi connectivity index (χ1v) is 10.5. The molecule has 0 spiro atoms. The maximum Gasteiger partial charge on any atom is 0.407 e. The lowest BCUT2D eigenvalue weighted by molar-refractivity contribution is -0.0312. The fourth-order valence-electron chi connectivity index (χ4n) is 4.15. The second kappa shape index (κ2) is 9.18. The molecular formula is C23H32N2O5. The molecule has 7 heteroatoms. The van der Waals surface area contributed by atoms with Crippen LogP contribution in [0.5, 0.6) is 5.75 Å². The zero-order valence-electron chi connectivity index (χ0n) is 18.1. The van der Waals surface area contributed by atoms with Crippen molar-refractivity contribution in [1.29, 1.82) is 0 Å². The van der Waals surface area contributed by atoms with Crippen LogP contribution in [-0.4, -0.2) is 46.1 Å². The van der Waals surface area contributed by atoms with Gasteiger partial charge in [-0.2, -0.15) is 0 Å². The third kappa shape index (κ3) is 5.21. The molecule has 1 aromatic heterocycles. The van der Waals surface area contributed by atoms with E-state index in [2.05, 4.69) is 10.3 Å². The molecule has 0 radical (unpaired) electrons. The Balaban J connectivity index is 1.66. The number of aliphatic hydroxyl groups is 2. The quantitative estimate of drug-likeness (QED) is 0.687. The summed E-state index contributed by atoms with van der Waals surface area (Å²) < 4.78 is 10.8. The first-order valence-electron chi connectivity index (χ1n) is 10.5. The number of rotatable bonds is 5. The number of aromatic nitrogens is 1. The molecule has 30 heavy (non-hydrogen) atoms. The van der Waals surface area contributed by atoms with Crippen LogP contribution in [0.15, 0.2) is 30.5 Å². The first kappa shape index (κ1) is 22.3. The highest BCUT2D eigenvalue weighted by Crippen LogP contribution is 2.38. The van der Waals surface area contributed by atoms with Crippen LogP contribution in [0.4, 0.5) is 4.79 Å². The van der Waals surface area contributed by atoms with Gasteiger partial charge >= 0.3 is 6.09 Å². The fraction of sp³-hybridized carbons (Fsp3) is 0.565. The Hall–Kier alpha value is -2.38. The number of carbonyl (C=O) groups excluding carboxylic acids is 1. The van der Waals surface area contributed by atoms with Crippen molar-refractivity contribution < 1.29 is 24.5 Å². The van der Waals surface area contributed by atoms with E-state index in [1.54, 1.807) is 25.4 Å². The number of hydrogen-bond donors (Lipinski definition) is 3. The number of carbonyl (C=O) groups is 1. The van der Waals surface area contributed by atoms with Gasteiger partial charge in [0, 0.05) is 23.2 Å². The smallest absolute Gasteiger partial charge is 0.407 e. The molecule has 0 unspecified atom stereocenters. The lowest BCUT2D eigenvalue weighted by atomic mass is 9.79. The number of aliphatic hydroxyl groups excluding tert-OH is 2. The number of fused-ring (bicyclic) bond motifs is 1. The Labute approximate surface area is 177 Å². The number of methoxy groups -OCH3 is 1. The van der Waals surface area contributed by atoms with Crippen LogP contribution in [0.25, 0.3) is 10.9 Å². The second-order valence-electron chi connectivity index (χ2n) is 8.94. The summed E-state index contributed by atoms with van der Waals surface area (Å²) in [6.45, 7) is 5.49. The van der Waals surface area contributed by atoms with Crippen molar-refractivity contribution in [3.63, 3.8) is 0 Å². The van der Waals surface area contributed by atoms with Gasteiger partial charge in [-0.1, -0.05) is 6.07 Å². The summed E-state index contributed by atoms with van der Waals surface area (Å²) in [6, 6.07) is 7.29. The Morgan fingerprint density at radius 2 is 1.87 bits per heavy atom. The normalized spacial score (nSPS) is 21.7. The van der Waals surface area contributed by atoms with Gasteiger partial charge in [0.25, 0.3) is 0 Å². The minimum Gasteiger partial charge on any atom is -0.496 e.